The molecule has 0 amide bonds. The Hall–Kier alpha value is 0.668. The van der Waals surface area contributed by atoms with Gasteiger partial charge in [-0.2, -0.15) is 0 Å². The van der Waals surface area contributed by atoms with Crippen molar-refractivity contribution in [2.45, 2.75) is 58.4 Å². The van der Waals surface area contributed by atoms with Gasteiger partial charge < -0.3 is 23.7 Å². The Morgan fingerprint density at radius 1 is 0.955 bits per heavy atom. The van der Waals surface area contributed by atoms with Crippen molar-refractivity contribution in [1.82, 2.24) is 5.32 Å². The van der Waals surface area contributed by atoms with E-state index in [2.05, 4.69) is 57.7 Å². The van der Waals surface area contributed by atoms with Gasteiger partial charge in [0, 0.05) is 25.4 Å². The highest BCUT2D eigenvalue weighted by Crippen LogP contribution is 2.24. The Kier molecular flexibility index (Phi) is 10.1. The van der Waals surface area contributed by atoms with Crippen LogP contribution in [0.4, 0.5) is 0 Å². The molecule has 0 aromatic carbocycles. The predicted octanol–water partition coefficient (Wildman–Crippen LogP) is 2.49. The van der Waals surface area contributed by atoms with Gasteiger partial charge in [-0.25, -0.2) is 0 Å². The maximum Gasteiger partial charge on any atom is 0.322 e. The van der Waals surface area contributed by atoms with Crippen LogP contribution in [0.15, 0.2) is 0 Å². The van der Waals surface area contributed by atoms with Gasteiger partial charge in [-0.1, -0.05) is 13.1 Å². The first-order chi connectivity index (χ1) is 9.89. The van der Waals surface area contributed by atoms with E-state index >= 15 is 0 Å². The van der Waals surface area contributed by atoms with Crippen LogP contribution in [0.5, 0.6) is 0 Å². The maximum atomic E-state index is 6.55. The summed E-state index contributed by atoms with van der Waals surface area (Å²) in [7, 11) is -6.41. The first-order valence-electron chi connectivity index (χ1n) is 8.13. The fraction of sp³-hybridized carbons (Fsp3) is 1.00. The summed E-state index contributed by atoms with van der Waals surface area (Å²) in [6, 6.07) is 0.938. The zero-order chi connectivity index (χ0) is 17.4. The second-order valence-electron chi connectivity index (χ2n) is 7.63. The van der Waals surface area contributed by atoms with Gasteiger partial charge in [-0.3, -0.25) is 0 Å². The van der Waals surface area contributed by atoms with Gasteiger partial charge in [0.1, 0.15) is 0 Å². The van der Waals surface area contributed by atoms with Crippen LogP contribution in [0.3, 0.4) is 0 Å². The maximum absolute atomic E-state index is 6.55. The highest BCUT2D eigenvalue weighted by atomic mass is 28.5. The SMILES string of the molecule is C[Si](C)CO[Si](C)(C)O[Si](C)(CCNCCN)O[Si](C)(C)C. The highest BCUT2D eigenvalue weighted by Gasteiger charge is 2.42. The molecule has 5 nitrogen and oxygen atoms in total. The summed E-state index contributed by atoms with van der Waals surface area (Å²) in [5.41, 5.74) is 5.53. The van der Waals surface area contributed by atoms with Crippen LogP contribution in [0.25, 0.3) is 0 Å². The zero-order valence-electron chi connectivity index (χ0n) is 15.8. The van der Waals surface area contributed by atoms with E-state index < -0.39 is 34.2 Å². The lowest BCUT2D eigenvalue weighted by Crippen LogP contribution is -2.55. The lowest BCUT2D eigenvalue weighted by Gasteiger charge is -2.39. The van der Waals surface area contributed by atoms with Gasteiger partial charge >= 0.3 is 17.1 Å². The number of nitrogens with two attached hydrogens (primary N) is 1. The Morgan fingerprint density at radius 3 is 2.00 bits per heavy atom. The van der Waals surface area contributed by atoms with E-state index in [0.29, 0.717) is 6.54 Å². The molecule has 0 rings (SSSR count). The molecule has 0 saturated carbocycles. The topological polar surface area (TPSA) is 65.7 Å². The van der Waals surface area contributed by atoms with E-state index in [9.17, 15) is 0 Å². The van der Waals surface area contributed by atoms with E-state index in [1.807, 2.05) is 0 Å². The van der Waals surface area contributed by atoms with Crippen molar-refractivity contribution in [1.29, 1.82) is 0 Å². The van der Waals surface area contributed by atoms with E-state index in [-0.39, 0.29) is 0 Å². The quantitative estimate of drug-likeness (QED) is 0.401. The lowest BCUT2D eigenvalue weighted by atomic mass is 10.6. The minimum atomic E-state index is -2.24. The molecule has 0 heterocycles. The number of hydrogen-bond acceptors (Lipinski definition) is 5. The molecule has 0 fully saturated rings. The summed E-state index contributed by atoms with van der Waals surface area (Å²) in [6.07, 6.45) is 0.854. The molecule has 133 valence electrons. The monoisotopic (exact) mass is 381 g/mol. The highest BCUT2D eigenvalue weighted by molar-refractivity contribution is 6.86. The fourth-order valence-electron chi connectivity index (χ4n) is 2.18. The van der Waals surface area contributed by atoms with E-state index in [0.717, 1.165) is 25.4 Å². The molecule has 0 aromatic rings. The first-order valence-corrected chi connectivity index (χ1v) is 19.6. The standard InChI is InChI=1S/C13H37N2O3Si4/c1-19(2)13-16-21(6,7)18-22(8,17-20(3,4)5)12-11-15-10-9-14/h15H,9-14H2,1-8H3. The predicted molar refractivity (Wildman–Crippen MR) is 105 cm³/mol. The third-order valence-corrected chi connectivity index (χ3v) is 13.6. The molecule has 1 radical (unpaired) electrons. The Labute approximate surface area is 142 Å². The molecule has 22 heavy (non-hydrogen) atoms. The molecular weight excluding hydrogens is 344 g/mol. The van der Waals surface area contributed by atoms with Crippen molar-refractivity contribution >= 4 is 34.2 Å². The molecule has 0 aromatic heterocycles. The molecule has 0 aliphatic rings. The number of rotatable bonds is 12. The molecule has 0 bridgehead atoms. The first kappa shape index (κ1) is 22.7. The van der Waals surface area contributed by atoms with Crippen LogP contribution in [0.1, 0.15) is 0 Å². The van der Waals surface area contributed by atoms with Gasteiger partial charge in [0.25, 0.3) is 0 Å². The average Bonchev–Trinajstić information content (AvgIpc) is 2.29. The molecule has 0 aliphatic carbocycles. The van der Waals surface area contributed by atoms with Crippen molar-refractivity contribution in [3.63, 3.8) is 0 Å². The molecule has 3 N–H and O–H groups in total. The molecular formula is C13H37N2O3Si4. The van der Waals surface area contributed by atoms with Gasteiger partial charge in [0.15, 0.2) is 8.32 Å². The van der Waals surface area contributed by atoms with Crippen LogP contribution in [0, 0.1) is 0 Å². The van der Waals surface area contributed by atoms with Crippen LogP contribution >= 0.6 is 0 Å². The Balaban J connectivity index is 4.75. The fourth-order valence-corrected chi connectivity index (χ4v) is 16.3. The second kappa shape index (κ2) is 9.84. The molecule has 0 saturated heterocycles. The van der Waals surface area contributed by atoms with Gasteiger partial charge in [-0.15, -0.1) is 0 Å². The van der Waals surface area contributed by atoms with E-state index in [4.69, 9.17) is 18.4 Å². The van der Waals surface area contributed by atoms with Gasteiger partial charge in [0.05, 0.1) is 8.80 Å². The summed E-state index contributed by atoms with van der Waals surface area (Å²) in [6.45, 7) is 20.1. The van der Waals surface area contributed by atoms with Gasteiger partial charge in [0.2, 0.25) is 0 Å². The molecule has 1 atom stereocenters. The molecule has 9 heteroatoms. The number of hydrogen-bond donors (Lipinski definition) is 2. The van der Waals surface area contributed by atoms with Crippen molar-refractivity contribution in [3.8, 4) is 0 Å². The van der Waals surface area contributed by atoms with Crippen LogP contribution in [0.2, 0.25) is 58.4 Å². The van der Waals surface area contributed by atoms with Gasteiger partial charge in [-0.05, 0) is 45.8 Å². The van der Waals surface area contributed by atoms with E-state index in [1.165, 1.54) is 0 Å². The summed E-state index contributed by atoms with van der Waals surface area (Å²) in [4.78, 5) is 0. The normalized spacial score (nSPS) is 16.1. The summed E-state index contributed by atoms with van der Waals surface area (Å²) in [5.74, 6) is 0. The third kappa shape index (κ3) is 12.1. The van der Waals surface area contributed by atoms with Crippen molar-refractivity contribution in [2.24, 2.45) is 5.73 Å². The lowest BCUT2D eigenvalue weighted by molar-refractivity contribution is 0.260. The third-order valence-electron chi connectivity index (χ3n) is 2.77. The molecule has 0 aliphatic heterocycles. The second-order valence-corrected chi connectivity index (χ2v) is 22.1. The van der Waals surface area contributed by atoms with Crippen molar-refractivity contribution < 1.29 is 12.7 Å². The Morgan fingerprint density at radius 2 is 1.55 bits per heavy atom. The summed E-state index contributed by atoms with van der Waals surface area (Å²) >= 11 is 0. The van der Waals surface area contributed by atoms with Crippen LogP contribution in [-0.4, -0.2) is 60.1 Å². The molecule has 1 unspecified atom stereocenters. The van der Waals surface area contributed by atoms with E-state index in [1.54, 1.807) is 0 Å². The minimum Gasteiger partial charge on any atom is -0.437 e. The minimum absolute atomic E-state index is 0.391. The van der Waals surface area contributed by atoms with Crippen LogP contribution in [-0.2, 0) is 12.7 Å². The average molecular weight is 382 g/mol. The summed E-state index contributed by atoms with van der Waals surface area (Å²) in [5, 5.41) is 3.36. The summed E-state index contributed by atoms with van der Waals surface area (Å²) < 4.78 is 19.2. The van der Waals surface area contributed by atoms with Crippen molar-refractivity contribution in [3.05, 3.63) is 0 Å². The smallest absolute Gasteiger partial charge is 0.322 e. The number of nitrogens with one attached hydrogen (secondary N) is 1. The van der Waals surface area contributed by atoms with Crippen molar-refractivity contribution in [2.75, 3.05) is 25.9 Å². The largest absolute Gasteiger partial charge is 0.437 e. The Bertz CT molecular complexity index is 314. The van der Waals surface area contributed by atoms with Crippen LogP contribution < -0.4 is 11.1 Å². The zero-order valence-corrected chi connectivity index (χ0v) is 19.8. The molecule has 0 spiro atoms.